The Bertz CT molecular complexity index is 613. The van der Waals surface area contributed by atoms with E-state index < -0.39 is 27.1 Å². The van der Waals surface area contributed by atoms with Crippen molar-refractivity contribution in [2.45, 2.75) is 13.8 Å². The minimum Gasteiger partial charge on any atom is -0.482 e. The molecule has 1 amide bonds. The smallest absolute Gasteiger partial charge is 0.279 e. The van der Waals surface area contributed by atoms with E-state index in [0.717, 1.165) is 18.5 Å². The highest BCUT2D eigenvalue weighted by molar-refractivity contribution is 5.97. The van der Waals surface area contributed by atoms with Crippen LogP contribution in [0.15, 0.2) is 17.2 Å². The monoisotopic (exact) mass is 296 g/mol. The van der Waals surface area contributed by atoms with E-state index in [0.29, 0.717) is 6.61 Å². The highest BCUT2D eigenvalue weighted by atomic mass is 16.6. The lowest BCUT2D eigenvalue weighted by Crippen LogP contribution is -2.19. The number of carbonyl (C=O) groups excluding carboxylic acids is 1. The second-order valence-electron chi connectivity index (χ2n) is 3.78. The van der Waals surface area contributed by atoms with Gasteiger partial charge in [0.15, 0.2) is 6.40 Å². The molecule has 1 aromatic carbocycles. The van der Waals surface area contributed by atoms with E-state index >= 15 is 0 Å². The molecule has 10 nitrogen and oxygen atoms in total. The summed E-state index contributed by atoms with van der Waals surface area (Å²) in [6, 6.07) is 1.75. The number of hydrazone groups is 1. The predicted molar refractivity (Wildman–Crippen MR) is 72.1 cm³/mol. The molecule has 0 aromatic heterocycles. The number of amides is 1. The molecule has 1 N–H and O–H groups in total. The van der Waals surface area contributed by atoms with Gasteiger partial charge in [0, 0.05) is 11.6 Å². The van der Waals surface area contributed by atoms with Crippen LogP contribution in [0.2, 0.25) is 0 Å². The van der Waals surface area contributed by atoms with Gasteiger partial charge in [-0.1, -0.05) is 0 Å². The second kappa shape index (κ2) is 6.93. The van der Waals surface area contributed by atoms with Gasteiger partial charge in [0.2, 0.25) is 0 Å². The lowest BCUT2D eigenvalue weighted by Gasteiger charge is -2.05. The summed E-state index contributed by atoms with van der Waals surface area (Å²) in [7, 11) is 0. The molecule has 0 unspecified atom stereocenters. The van der Waals surface area contributed by atoms with Gasteiger partial charge >= 0.3 is 0 Å². The molecule has 21 heavy (non-hydrogen) atoms. The van der Waals surface area contributed by atoms with Gasteiger partial charge in [-0.2, -0.15) is 0 Å². The molecule has 0 aliphatic rings. The molecule has 0 saturated heterocycles. The number of nitrogens with zero attached hydrogens (tertiary/aromatic N) is 3. The molecular weight excluding hydrogens is 284 g/mol. The van der Waals surface area contributed by atoms with E-state index in [2.05, 4.69) is 10.5 Å². The van der Waals surface area contributed by atoms with Gasteiger partial charge in [-0.15, -0.1) is 5.10 Å². The van der Waals surface area contributed by atoms with Gasteiger partial charge in [0.05, 0.1) is 28.1 Å². The average Bonchev–Trinajstić information content (AvgIpc) is 2.43. The Labute approximate surface area is 118 Å². The third kappa shape index (κ3) is 3.96. The SMILES string of the molecule is CCO/C=N\NC(=O)c1cc([N+](=O)[O-])cc([N+](=O)[O-])c1C. The van der Waals surface area contributed by atoms with Crippen LogP contribution >= 0.6 is 0 Å². The van der Waals surface area contributed by atoms with E-state index in [-0.39, 0.29) is 11.1 Å². The summed E-state index contributed by atoms with van der Waals surface area (Å²) >= 11 is 0. The lowest BCUT2D eigenvalue weighted by molar-refractivity contribution is -0.394. The van der Waals surface area contributed by atoms with Gasteiger partial charge in [0.25, 0.3) is 17.3 Å². The van der Waals surface area contributed by atoms with Crippen LogP contribution in [-0.4, -0.2) is 28.8 Å². The summed E-state index contributed by atoms with van der Waals surface area (Å²) in [5, 5.41) is 25.1. The van der Waals surface area contributed by atoms with Crippen molar-refractivity contribution in [3.63, 3.8) is 0 Å². The predicted octanol–water partition coefficient (Wildman–Crippen LogP) is 1.52. The van der Waals surface area contributed by atoms with Crippen LogP contribution in [0, 0.1) is 27.2 Å². The number of hydrogen-bond donors (Lipinski definition) is 1. The molecule has 0 bridgehead atoms. The molecule has 0 spiro atoms. The van der Waals surface area contributed by atoms with Crippen LogP contribution in [0.25, 0.3) is 0 Å². The minimum atomic E-state index is -0.813. The fraction of sp³-hybridized carbons (Fsp3) is 0.273. The first-order valence-corrected chi connectivity index (χ1v) is 5.75. The number of rotatable bonds is 6. The maximum absolute atomic E-state index is 11.9. The van der Waals surface area contributed by atoms with Crippen LogP contribution in [0.3, 0.4) is 0 Å². The Kier molecular flexibility index (Phi) is 5.29. The molecule has 112 valence electrons. The maximum atomic E-state index is 11.9. The number of non-ortho nitro benzene ring substituents is 1. The van der Waals surface area contributed by atoms with Crippen molar-refractivity contribution >= 4 is 23.7 Å². The number of nitro groups is 2. The van der Waals surface area contributed by atoms with Crippen molar-refractivity contribution in [1.29, 1.82) is 0 Å². The number of nitrogens with one attached hydrogen (secondary N) is 1. The molecule has 0 atom stereocenters. The first-order chi connectivity index (χ1) is 9.88. The zero-order valence-corrected chi connectivity index (χ0v) is 11.2. The highest BCUT2D eigenvalue weighted by Gasteiger charge is 2.24. The third-order valence-electron chi connectivity index (χ3n) is 2.48. The molecule has 0 fully saturated rings. The molecule has 0 heterocycles. The van der Waals surface area contributed by atoms with Gasteiger partial charge < -0.3 is 4.74 Å². The van der Waals surface area contributed by atoms with E-state index in [1.165, 1.54) is 6.92 Å². The van der Waals surface area contributed by atoms with Gasteiger partial charge in [0.1, 0.15) is 0 Å². The average molecular weight is 296 g/mol. The summed E-state index contributed by atoms with van der Waals surface area (Å²) in [5.74, 6) is -0.810. The van der Waals surface area contributed by atoms with Crippen molar-refractivity contribution in [1.82, 2.24) is 5.43 Å². The summed E-state index contributed by atoms with van der Waals surface area (Å²) in [4.78, 5) is 31.9. The highest BCUT2D eigenvalue weighted by Crippen LogP contribution is 2.27. The van der Waals surface area contributed by atoms with Crippen molar-refractivity contribution in [3.05, 3.63) is 43.5 Å². The molecule has 0 aliphatic heterocycles. The van der Waals surface area contributed by atoms with Crippen molar-refractivity contribution in [2.24, 2.45) is 5.10 Å². The van der Waals surface area contributed by atoms with Crippen LogP contribution in [0.1, 0.15) is 22.8 Å². The van der Waals surface area contributed by atoms with Crippen LogP contribution < -0.4 is 5.43 Å². The molecule has 1 rings (SSSR count). The van der Waals surface area contributed by atoms with Gasteiger partial charge in [-0.05, 0) is 13.8 Å². The second-order valence-corrected chi connectivity index (χ2v) is 3.78. The zero-order valence-electron chi connectivity index (χ0n) is 11.2. The Morgan fingerprint density at radius 3 is 2.57 bits per heavy atom. The first kappa shape index (κ1) is 16.0. The Balaban J connectivity index is 3.18. The Morgan fingerprint density at radius 2 is 2.05 bits per heavy atom. The summed E-state index contributed by atoms with van der Waals surface area (Å²) in [5.41, 5.74) is 0.811. The van der Waals surface area contributed by atoms with Crippen molar-refractivity contribution in [2.75, 3.05) is 6.61 Å². The van der Waals surface area contributed by atoms with E-state index in [1.54, 1.807) is 6.92 Å². The quantitative estimate of drug-likeness (QED) is 0.365. The number of ether oxygens (including phenoxy) is 1. The number of hydrogen-bond acceptors (Lipinski definition) is 7. The van der Waals surface area contributed by atoms with Crippen molar-refractivity contribution in [3.8, 4) is 0 Å². The van der Waals surface area contributed by atoms with E-state index in [4.69, 9.17) is 4.74 Å². The van der Waals surface area contributed by atoms with E-state index in [9.17, 15) is 25.0 Å². The lowest BCUT2D eigenvalue weighted by atomic mass is 10.1. The minimum absolute atomic E-state index is 0.00899. The molecule has 0 saturated carbocycles. The van der Waals surface area contributed by atoms with Gasteiger partial charge in [-0.3, -0.25) is 25.0 Å². The summed E-state index contributed by atoms with van der Waals surface area (Å²) < 4.78 is 4.75. The van der Waals surface area contributed by atoms with Crippen LogP contribution in [-0.2, 0) is 4.74 Å². The Hall–Kier alpha value is -3.04. The number of benzene rings is 1. The summed E-state index contributed by atoms with van der Waals surface area (Å²) in [6.07, 6.45) is 0.985. The molecule has 1 aromatic rings. The topological polar surface area (TPSA) is 137 Å². The van der Waals surface area contributed by atoms with Crippen LogP contribution in [0.4, 0.5) is 11.4 Å². The standard InChI is InChI=1S/C11H12N4O6/c1-3-21-6-12-13-11(16)9-4-8(14(17)18)5-10(7(9)2)15(19)20/h4-6H,3H2,1-2H3,(H,13,16)/b12-6-. The summed E-state index contributed by atoms with van der Waals surface area (Å²) in [6.45, 7) is 3.38. The van der Waals surface area contributed by atoms with Crippen LogP contribution in [0.5, 0.6) is 0 Å². The fourth-order valence-electron chi connectivity index (χ4n) is 1.47. The number of carbonyl (C=O) groups is 1. The maximum Gasteiger partial charge on any atom is 0.279 e. The molecule has 0 aliphatic carbocycles. The zero-order chi connectivity index (χ0) is 16.0. The molecular formula is C11H12N4O6. The fourth-order valence-corrected chi connectivity index (χ4v) is 1.47. The largest absolute Gasteiger partial charge is 0.482 e. The van der Waals surface area contributed by atoms with Gasteiger partial charge in [-0.25, -0.2) is 5.43 Å². The first-order valence-electron chi connectivity index (χ1n) is 5.75. The normalized spacial score (nSPS) is 10.4. The molecule has 10 heteroatoms. The Morgan fingerprint density at radius 1 is 1.38 bits per heavy atom. The van der Waals surface area contributed by atoms with E-state index in [1.807, 2.05) is 0 Å². The van der Waals surface area contributed by atoms with Crippen molar-refractivity contribution < 1.29 is 19.4 Å². The number of nitro benzene ring substituents is 2. The third-order valence-corrected chi connectivity index (χ3v) is 2.48. The molecule has 0 radical (unpaired) electrons.